The van der Waals surface area contributed by atoms with Crippen molar-refractivity contribution in [1.82, 2.24) is 5.32 Å². The Morgan fingerprint density at radius 3 is 2.82 bits per heavy atom. The van der Waals surface area contributed by atoms with Crippen LogP contribution in [0.3, 0.4) is 0 Å². The van der Waals surface area contributed by atoms with Gasteiger partial charge < -0.3 is 5.32 Å². The van der Waals surface area contributed by atoms with Crippen molar-refractivity contribution in [3.8, 4) is 0 Å². The molecule has 2 aromatic rings. The van der Waals surface area contributed by atoms with E-state index in [0.717, 1.165) is 35.3 Å². The predicted octanol–water partition coefficient (Wildman–Crippen LogP) is 2.47. The molecular weight excluding hydrogens is 344 g/mol. The number of fused-ring (bicyclic) bond motifs is 1. The number of benzene rings is 1. The molecule has 8 heteroatoms. The lowest BCUT2D eigenvalue weighted by Crippen LogP contribution is -2.26. The third-order valence-electron chi connectivity index (χ3n) is 3.61. The Bertz CT molecular complexity index is 846. The number of primary sulfonamides is 1. The van der Waals surface area contributed by atoms with Gasteiger partial charge in [-0.1, -0.05) is 17.7 Å². The maximum Gasteiger partial charge on any atom is 0.252 e. The summed E-state index contributed by atoms with van der Waals surface area (Å²) in [5.74, 6) is -0.307. The molecule has 0 aliphatic heterocycles. The molecular formula is C14H13ClN2O3S2. The van der Waals surface area contributed by atoms with E-state index in [1.807, 2.05) is 12.1 Å². The first kappa shape index (κ1) is 15.5. The van der Waals surface area contributed by atoms with Crippen LogP contribution in [0.4, 0.5) is 0 Å². The summed E-state index contributed by atoms with van der Waals surface area (Å²) in [6.45, 7) is 0. The molecule has 1 amide bonds. The van der Waals surface area contributed by atoms with Crippen molar-refractivity contribution in [2.75, 3.05) is 0 Å². The summed E-state index contributed by atoms with van der Waals surface area (Å²) in [6.07, 6.45) is 1.65. The minimum absolute atomic E-state index is 0.0174. The standard InChI is InChI=1S/C14H13ClN2O3S2/c15-10-2-3-11-8(5-10)1-4-12(11)17-14(18)9-6-13(21-7-9)22(16,19)20/h2-3,5-7,12H,1,4H2,(H,17,18)(H2,16,19,20)/t12-/m1/s1. The average molecular weight is 357 g/mol. The summed E-state index contributed by atoms with van der Waals surface area (Å²) >= 11 is 6.90. The SMILES string of the molecule is NS(=O)(=O)c1cc(C(=O)N[C@@H]2CCc3cc(Cl)ccc32)cs1. The second-order valence-electron chi connectivity index (χ2n) is 5.11. The smallest absolute Gasteiger partial charge is 0.252 e. The summed E-state index contributed by atoms with van der Waals surface area (Å²) < 4.78 is 22.5. The number of rotatable bonds is 3. The second kappa shape index (κ2) is 5.66. The number of nitrogens with two attached hydrogens (primary N) is 1. The topological polar surface area (TPSA) is 89.3 Å². The molecule has 1 aromatic carbocycles. The van der Waals surface area contributed by atoms with Crippen LogP contribution < -0.4 is 10.5 Å². The molecule has 1 aliphatic rings. The number of hydrogen-bond donors (Lipinski definition) is 2. The summed E-state index contributed by atoms with van der Waals surface area (Å²) in [6, 6.07) is 6.84. The molecule has 22 heavy (non-hydrogen) atoms. The molecule has 0 saturated carbocycles. The van der Waals surface area contributed by atoms with E-state index in [-0.39, 0.29) is 16.2 Å². The van der Waals surface area contributed by atoms with Crippen LogP contribution >= 0.6 is 22.9 Å². The number of aryl methyl sites for hydroxylation is 1. The van der Waals surface area contributed by atoms with E-state index in [2.05, 4.69) is 5.32 Å². The van der Waals surface area contributed by atoms with Crippen LogP contribution in [0.25, 0.3) is 0 Å². The Kier molecular flexibility index (Phi) is 3.98. The summed E-state index contributed by atoms with van der Waals surface area (Å²) in [5.41, 5.74) is 2.49. The fourth-order valence-electron chi connectivity index (χ4n) is 2.56. The fraction of sp³-hybridized carbons (Fsp3) is 0.214. The highest BCUT2D eigenvalue weighted by Crippen LogP contribution is 2.33. The minimum atomic E-state index is -3.77. The highest BCUT2D eigenvalue weighted by molar-refractivity contribution is 7.91. The molecule has 116 valence electrons. The number of nitrogens with one attached hydrogen (secondary N) is 1. The molecule has 1 aromatic heterocycles. The molecule has 0 fully saturated rings. The van der Waals surface area contributed by atoms with E-state index in [1.165, 1.54) is 11.4 Å². The largest absolute Gasteiger partial charge is 0.345 e. The third kappa shape index (κ3) is 3.03. The number of carbonyl (C=O) groups excluding carboxylic acids is 1. The van der Waals surface area contributed by atoms with Crippen molar-refractivity contribution in [2.45, 2.75) is 23.1 Å². The molecule has 1 aliphatic carbocycles. The number of halogens is 1. The molecule has 0 saturated heterocycles. The molecule has 3 rings (SSSR count). The van der Waals surface area contributed by atoms with Crippen molar-refractivity contribution < 1.29 is 13.2 Å². The van der Waals surface area contributed by atoms with Crippen LogP contribution in [0.2, 0.25) is 5.02 Å². The Hall–Kier alpha value is -1.41. The van der Waals surface area contributed by atoms with Crippen LogP contribution in [0.1, 0.15) is 33.9 Å². The van der Waals surface area contributed by atoms with E-state index in [1.54, 1.807) is 6.07 Å². The molecule has 5 nitrogen and oxygen atoms in total. The average Bonchev–Trinajstić information content (AvgIpc) is 3.05. The summed E-state index contributed by atoms with van der Waals surface area (Å²) in [7, 11) is -3.77. The zero-order valence-corrected chi connectivity index (χ0v) is 13.8. The number of amides is 1. The first-order valence-corrected chi connectivity index (χ1v) is 9.35. The Morgan fingerprint density at radius 2 is 2.14 bits per heavy atom. The summed E-state index contributed by atoms with van der Waals surface area (Å²) in [4.78, 5) is 12.3. The van der Waals surface area contributed by atoms with Gasteiger partial charge in [0.1, 0.15) is 4.21 Å². The Morgan fingerprint density at radius 1 is 1.36 bits per heavy atom. The minimum Gasteiger partial charge on any atom is -0.345 e. The van der Waals surface area contributed by atoms with Gasteiger partial charge in [-0.05, 0) is 42.2 Å². The van der Waals surface area contributed by atoms with Gasteiger partial charge in [0.2, 0.25) is 10.0 Å². The maximum absolute atomic E-state index is 12.3. The highest BCUT2D eigenvalue weighted by atomic mass is 35.5. The van der Waals surface area contributed by atoms with Crippen LogP contribution in [0.15, 0.2) is 33.9 Å². The van der Waals surface area contributed by atoms with Crippen LogP contribution in [0.5, 0.6) is 0 Å². The number of sulfonamides is 1. The van der Waals surface area contributed by atoms with Gasteiger partial charge in [0, 0.05) is 10.4 Å². The van der Waals surface area contributed by atoms with Crippen LogP contribution in [0, 0.1) is 0 Å². The zero-order valence-electron chi connectivity index (χ0n) is 11.4. The van der Waals surface area contributed by atoms with Crippen molar-refractivity contribution in [1.29, 1.82) is 0 Å². The van der Waals surface area contributed by atoms with Gasteiger partial charge >= 0.3 is 0 Å². The molecule has 1 heterocycles. The lowest BCUT2D eigenvalue weighted by atomic mass is 10.1. The fourth-order valence-corrected chi connectivity index (χ4v) is 4.34. The predicted molar refractivity (Wildman–Crippen MR) is 85.7 cm³/mol. The first-order valence-electron chi connectivity index (χ1n) is 6.55. The van der Waals surface area contributed by atoms with Crippen LogP contribution in [-0.2, 0) is 16.4 Å². The third-order valence-corrected chi connectivity index (χ3v) is 6.23. The van der Waals surface area contributed by atoms with Gasteiger partial charge in [0.15, 0.2) is 0 Å². The lowest BCUT2D eigenvalue weighted by molar-refractivity contribution is 0.0937. The quantitative estimate of drug-likeness (QED) is 0.885. The highest BCUT2D eigenvalue weighted by Gasteiger charge is 2.25. The number of carbonyl (C=O) groups is 1. The molecule has 0 bridgehead atoms. The van der Waals surface area contributed by atoms with Gasteiger partial charge in [-0.15, -0.1) is 11.3 Å². The van der Waals surface area contributed by atoms with Gasteiger partial charge in [0.25, 0.3) is 5.91 Å². The van der Waals surface area contributed by atoms with Crippen molar-refractivity contribution in [3.05, 3.63) is 51.4 Å². The van der Waals surface area contributed by atoms with Gasteiger partial charge in [0.05, 0.1) is 11.6 Å². The van der Waals surface area contributed by atoms with E-state index in [4.69, 9.17) is 16.7 Å². The first-order chi connectivity index (χ1) is 10.3. The second-order valence-corrected chi connectivity index (χ2v) is 8.24. The molecule has 1 atom stereocenters. The van der Waals surface area contributed by atoms with E-state index in [9.17, 15) is 13.2 Å². The van der Waals surface area contributed by atoms with Crippen molar-refractivity contribution in [3.63, 3.8) is 0 Å². The summed E-state index contributed by atoms with van der Waals surface area (Å²) in [5, 5.41) is 10.1. The zero-order chi connectivity index (χ0) is 15.9. The Balaban J connectivity index is 1.78. The van der Waals surface area contributed by atoms with Crippen molar-refractivity contribution in [2.24, 2.45) is 5.14 Å². The maximum atomic E-state index is 12.3. The van der Waals surface area contributed by atoms with Crippen LogP contribution in [-0.4, -0.2) is 14.3 Å². The van der Waals surface area contributed by atoms with Crippen molar-refractivity contribution >= 4 is 38.9 Å². The normalized spacial score (nSPS) is 17.3. The lowest BCUT2D eigenvalue weighted by Gasteiger charge is -2.13. The molecule has 0 radical (unpaired) electrons. The van der Waals surface area contributed by atoms with Gasteiger partial charge in [-0.25, -0.2) is 13.6 Å². The van der Waals surface area contributed by atoms with E-state index in [0.29, 0.717) is 10.6 Å². The molecule has 3 N–H and O–H groups in total. The monoisotopic (exact) mass is 356 g/mol. The van der Waals surface area contributed by atoms with Gasteiger partial charge in [-0.3, -0.25) is 4.79 Å². The number of thiophene rings is 1. The number of hydrogen-bond acceptors (Lipinski definition) is 4. The van der Waals surface area contributed by atoms with Gasteiger partial charge in [-0.2, -0.15) is 0 Å². The Labute approximate surface area is 137 Å². The molecule has 0 spiro atoms. The molecule has 0 unspecified atom stereocenters. The van der Waals surface area contributed by atoms with E-state index >= 15 is 0 Å². The van der Waals surface area contributed by atoms with E-state index < -0.39 is 10.0 Å².